The molecule has 0 aromatic heterocycles. The molecule has 0 spiro atoms. The SMILES string of the molecule is CCCNC(C=C(C)C)c1ccc(C(C)(C)C)cc1. The molecule has 0 saturated heterocycles. The molecule has 0 aliphatic rings. The highest BCUT2D eigenvalue weighted by atomic mass is 14.9. The summed E-state index contributed by atoms with van der Waals surface area (Å²) in [4.78, 5) is 0. The molecule has 0 saturated carbocycles. The van der Waals surface area contributed by atoms with Crippen LogP contribution >= 0.6 is 0 Å². The lowest BCUT2D eigenvalue weighted by Gasteiger charge is -2.21. The van der Waals surface area contributed by atoms with Crippen molar-refractivity contribution in [3.05, 3.63) is 47.0 Å². The van der Waals surface area contributed by atoms with Gasteiger partial charge in [0, 0.05) is 0 Å². The second-order valence-corrected chi connectivity index (χ2v) is 6.55. The van der Waals surface area contributed by atoms with Crippen molar-refractivity contribution in [1.29, 1.82) is 0 Å². The highest BCUT2D eigenvalue weighted by Crippen LogP contribution is 2.24. The second-order valence-electron chi connectivity index (χ2n) is 6.55. The van der Waals surface area contributed by atoms with Crippen LogP contribution in [0.15, 0.2) is 35.9 Å². The van der Waals surface area contributed by atoms with E-state index in [1.54, 1.807) is 0 Å². The van der Waals surface area contributed by atoms with E-state index < -0.39 is 0 Å². The largest absolute Gasteiger partial charge is 0.307 e. The Morgan fingerprint density at radius 1 is 1.16 bits per heavy atom. The van der Waals surface area contributed by atoms with Gasteiger partial charge in [0.15, 0.2) is 0 Å². The Balaban J connectivity index is 2.94. The Kier molecular flexibility index (Phi) is 5.81. The molecule has 0 bridgehead atoms. The predicted molar refractivity (Wildman–Crippen MR) is 85.6 cm³/mol. The topological polar surface area (TPSA) is 12.0 Å². The molecule has 1 unspecified atom stereocenters. The molecule has 106 valence electrons. The van der Waals surface area contributed by atoms with Crippen LogP contribution in [-0.2, 0) is 5.41 Å². The summed E-state index contributed by atoms with van der Waals surface area (Å²) >= 11 is 0. The van der Waals surface area contributed by atoms with E-state index in [1.165, 1.54) is 16.7 Å². The van der Waals surface area contributed by atoms with Crippen molar-refractivity contribution in [2.75, 3.05) is 6.54 Å². The molecule has 1 rings (SSSR count). The van der Waals surface area contributed by atoms with Crippen molar-refractivity contribution in [3.63, 3.8) is 0 Å². The quantitative estimate of drug-likeness (QED) is 0.734. The van der Waals surface area contributed by atoms with Crippen LogP contribution in [0.2, 0.25) is 0 Å². The smallest absolute Gasteiger partial charge is 0.0508 e. The van der Waals surface area contributed by atoms with Crippen molar-refractivity contribution < 1.29 is 0 Å². The van der Waals surface area contributed by atoms with Gasteiger partial charge in [-0.3, -0.25) is 0 Å². The Bertz CT molecular complexity index is 402. The molecule has 0 radical (unpaired) electrons. The van der Waals surface area contributed by atoms with E-state index in [0.29, 0.717) is 6.04 Å². The first kappa shape index (κ1) is 16.0. The van der Waals surface area contributed by atoms with E-state index in [-0.39, 0.29) is 5.41 Å². The van der Waals surface area contributed by atoms with Gasteiger partial charge >= 0.3 is 0 Å². The average Bonchev–Trinajstić information content (AvgIpc) is 2.33. The van der Waals surface area contributed by atoms with Gasteiger partial charge in [0.05, 0.1) is 6.04 Å². The maximum absolute atomic E-state index is 3.60. The van der Waals surface area contributed by atoms with Gasteiger partial charge in [-0.15, -0.1) is 0 Å². The molecular formula is C18H29N. The first-order valence-corrected chi connectivity index (χ1v) is 7.33. The molecular weight excluding hydrogens is 230 g/mol. The third-order valence-corrected chi connectivity index (χ3v) is 3.25. The van der Waals surface area contributed by atoms with Crippen LogP contribution in [0.4, 0.5) is 0 Å². The lowest BCUT2D eigenvalue weighted by atomic mass is 9.86. The molecule has 0 amide bonds. The maximum Gasteiger partial charge on any atom is 0.0508 e. The Morgan fingerprint density at radius 3 is 2.16 bits per heavy atom. The van der Waals surface area contributed by atoms with Gasteiger partial charge in [-0.05, 0) is 43.4 Å². The number of rotatable bonds is 5. The van der Waals surface area contributed by atoms with E-state index >= 15 is 0 Å². The third kappa shape index (κ3) is 5.20. The number of benzene rings is 1. The third-order valence-electron chi connectivity index (χ3n) is 3.25. The van der Waals surface area contributed by atoms with Gasteiger partial charge in [0.1, 0.15) is 0 Å². The summed E-state index contributed by atoms with van der Waals surface area (Å²) in [6, 6.07) is 9.36. The fourth-order valence-electron chi connectivity index (χ4n) is 2.10. The molecule has 0 aliphatic carbocycles. The van der Waals surface area contributed by atoms with E-state index in [9.17, 15) is 0 Å². The molecule has 1 atom stereocenters. The zero-order valence-electron chi connectivity index (χ0n) is 13.4. The van der Waals surface area contributed by atoms with Crippen molar-refractivity contribution in [3.8, 4) is 0 Å². The average molecular weight is 259 g/mol. The van der Waals surface area contributed by atoms with Gasteiger partial charge in [-0.25, -0.2) is 0 Å². The van der Waals surface area contributed by atoms with Gasteiger partial charge in [-0.2, -0.15) is 0 Å². The molecule has 1 N–H and O–H groups in total. The fraction of sp³-hybridized carbons (Fsp3) is 0.556. The summed E-state index contributed by atoms with van der Waals surface area (Å²) in [6.45, 7) is 14.3. The zero-order valence-corrected chi connectivity index (χ0v) is 13.4. The van der Waals surface area contributed by atoms with E-state index in [2.05, 4.69) is 77.2 Å². The molecule has 1 nitrogen and oxygen atoms in total. The maximum atomic E-state index is 3.60. The Hall–Kier alpha value is -1.08. The van der Waals surface area contributed by atoms with Crippen LogP contribution in [0, 0.1) is 0 Å². The van der Waals surface area contributed by atoms with E-state index in [1.807, 2.05) is 0 Å². The Morgan fingerprint density at radius 2 is 1.74 bits per heavy atom. The van der Waals surface area contributed by atoms with E-state index in [0.717, 1.165) is 13.0 Å². The number of nitrogens with one attached hydrogen (secondary N) is 1. The fourth-order valence-corrected chi connectivity index (χ4v) is 2.10. The molecule has 0 heterocycles. The Labute approximate surface area is 119 Å². The summed E-state index contributed by atoms with van der Waals surface area (Å²) in [5, 5.41) is 3.60. The van der Waals surface area contributed by atoms with Crippen molar-refractivity contribution in [2.24, 2.45) is 0 Å². The van der Waals surface area contributed by atoms with Gasteiger partial charge in [-0.1, -0.05) is 63.6 Å². The lowest BCUT2D eigenvalue weighted by Crippen LogP contribution is -2.21. The molecule has 1 aromatic carbocycles. The summed E-state index contributed by atoms with van der Waals surface area (Å²) < 4.78 is 0. The van der Waals surface area contributed by atoms with Crippen LogP contribution in [0.3, 0.4) is 0 Å². The van der Waals surface area contributed by atoms with Gasteiger partial charge in [0.25, 0.3) is 0 Å². The lowest BCUT2D eigenvalue weighted by molar-refractivity contribution is 0.586. The molecule has 0 fully saturated rings. The molecule has 0 aliphatic heterocycles. The monoisotopic (exact) mass is 259 g/mol. The minimum atomic E-state index is 0.224. The molecule has 19 heavy (non-hydrogen) atoms. The number of hydrogen-bond donors (Lipinski definition) is 1. The highest BCUT2D eigenvalue weighted by Gasteiger charge is 2.14. The first-order valence-electron chi connectivity index (χ1n) is 7.33. The minimum absolute atomic E-state index is 0.224. The summed E-state index contributed by atoms with van der Waals surface area (Å²) in [5.74, 6) is 0. The standard InChI is InChI=1S/C18H29N/c1-7-12-19-17(13-14(2)3)15-8-10-16(11-9-15)18(4,5)6/h8-11,13,17,19H,7,12H2,1-6H3. The van der Waals surface area contributed by atoms with Gasteiger partial charge in [0.2, 0.25) is 0 Å². The zero-order chi connectivity index (χ0) is 14.5. The van der Waals surface area contributed by atoms with Crippen LogP contribution in [-0.4, -0.2) is 6.54 Å². The van der Waals surface area contributed by atoms with Crippen LogP contribution in [0.1, 0.15) is 65.1 Å². The molecule has 1 heteroatoms. The van der Waals surface area contributed by atoms with Crippen LogP contribution in [0.25, 0.3) is 0 Å². The number of hydrogen-bond acceptors (Lipinski definition) is 1. The summed E-state index contributed by atoms with van der Waals surface area (Å²) in [7, 11) is 0. The van der Waals surface area contributed by atoms with Crippen LogP contribution < -0.4 is 5.32 Å². The highest BCUT2D eigenvalue weighted by molar-refractivity contribution is 5.31. The van der Waals surface area contributed by atoms with Crippen LogP contribution in [0.5, 0.6) is 0 Å². The number of allylic oxidation sites excluding steroid dienone is 1. The predicted octanol–water partition coefficient (Wildman–Crippen LogP) is 4.99. The first-order chi connectivity index (χ1) is 8.84. The van der Waals surface area contributed by atoms with E-state index in [4.69, 9.17) is 0 Å². The second kappa shape index (κ2) is 6.91. The summed E-state index contributed by atoms with van der Waals surface area (Å²) in [6.07, 6.45) is 3.47. The normalized spacial score (nSPS) is 13.2. The van der Waals surface area contributed by atoms with Crippen molar-refractivity contribution in [2.45, 2.75) is 59.4 Å². The summed E-state index contributed by atoms with van der Waals surface area (Å²) in [5.41, 5.74) is 4.32. The van der Waals surface area contributed by atoms with Gasteiger partial charge < -0.3 is 5.32 Å². The molecule has 1 aromatic rings. The minimum Gasteiger partial charge on any atom is -0.307 e. The van der Waals surface area contributed by atoms with Crippen molar-refractivity contribution in [1.82, 2.24) is 5.32 Å². The van der Waals surface area contributed by atoms with Crippen molar-refractivity contribution >= 4 is 0 Å².